The molecule has 1 N–H and O–H groups in total. The SMILES string of the molecule is O=C(NCC1CCCO1)c1ccc2ccccc2c1. The number of fused-ring (bicyclic) bond motifs is 1. The Balaban J connectivity index is 1.70. The van der Waals surface area contributed by atoms with Crippen molar-refractivity contribution in [3.8, 4) is 0 Å². The Bertz CT molecular complexity index is 588. The van der Waals surface area contributed by atoms with Gasteiger partial charge < -0.3 is 10.1 Å². The van der Waals surface area contributed by atoms with E-state index in [4.69, 9.17) is 4.74 Å². The normalized spacial score (nSPS) is 18.6. The molecule has 19 heavy (non-hydrogen) atoms. The van der Waals surface area contributed by atoms with Gasteiger partial charge in [-0.25, -0.2) is 0 Å². The van der Waals surface area contributed by atoms with Gasteiger partial charge in [-0.1, -0.05) is 30.3 Å². The maximum atomic E-state index is 12.1. The van der Waals surface area contributed by atoms with E-state index in [0.717, 1.165) is 30.2 Å². The van der Waals surface area contributed by atoms with Gasteiger partial charge >= 0.3 is 0 Å². The van der Waals surface area contributed by atoms with Crippen molar-refractivity contribution in [2.75, 3.05) is 13.2 Å². The molecule has 0 saturated carbocycles. The van der Waals surface area contributed by atoms with Crippen LogP contribution in [0.1, 0.15) is 23.2 Å². The van der Waals surface area contributed by atoms with Crippen molar-refractivity contribution in [1.29, 1.82) is 0 Å². The van der Waals surface area contributed by atoms with Crippen LogP contribution in [0.15, 0.2) is 42.5 Å². The Morgan fingerprint density at radius 2 is 2.05 bits per heavy atom. The third-order valence-electron chi connectivity index (χ3n) is 3.53. The molecule has 98 valence electrons. The minimum absolute atomic E-state index is 0.0266. The van der Waals surface area contributed by atoms with Crippen molar-refractivity contribution in [3.63, 3.8) is 0 Å². The van der Waals surface area contributed by atoms with E-state index >= 15 is 0 Å². The highest BCUT2D eigenvalue weighted by atomic mass is 16.5. The highest BCUT2D eigenvalue weighted by Gasteiger charge is 2.16. The second-order valence-electron chi connectivity index (χ2n) is 4.91. The van der Waals surface area contributed by atoms with Gasteiger partial charge in [-0.3, -0.25) is 4.79 Å². The topological polar surface area (TPSA) is 38.3 Å². The monoisotopic (exact) mass is 255 g/mol. The van der Waals surface area contributed by atoms with Crippen LogP contribution in [0.3, 0.4) is 0 Å². The summed E-state index contributed by atoms with van der Waals surface area (Å²) in [6, 6.07) is 13.8. The van der Waals surface area contributed by atoms with E-state index in [1.807, 2.05) is 42.5 Å². The molecule has 3 nitrogen and oxygen atoms in total. The Hall–Kier alpha value is -1.87. The molecule has 1 fully saturated rings. The van der Waals surface area contributed by atoms with Crippen LogP contribution in [0.4, 0.5) is 0 Å². The van der Waals surface area contributed by atoms with E-state index in [9.17, 15) is 4.79 Å². The summed E-state index contributed by atoms with van der Waals surface area (Å²) in [4.78, 5) is 12.1. The zero-order chi connectivity index (χ0) is 13.1. The van der Waals surface area contributed by atoms with Crippen LogP contribution in [0.5, 0.6) is 0 Å². The highest BCUT2D eigenvalue weighted by molar-refractivity contribution is 5.98. The number of nitrogens with one attached hydrogen (secondary N) is 1. The summed E-state index contributed by atoms with van der Waals surface area (Å²) in [7, 11) is 0. The van der Waals surface area contributed by atoms with Crippen LogP contribution in [0.2, 0.25) is 0 Å². The van der Waals surface area contributed by atoms with E-state index < -0.39 is 0 Å². The first kappa shape index (κ1) is 12.2. The summed E-state index contributed by atoms with van der Waals surface area (Å²) in [6.45, 7) is 1.42. The maximum absolute atomic E-state index is 12.1. The van der Waals surface area contributed by atoms with Crippen molar-refractivity contribution >= 4 is 16.7 Å². The summed E-state index contributed by atoms with van der Waals surface area (Å²) in [6.07, 6.45) is 2.32. The molecule has 3 rings (SSSR count). The molecule has 0 aromatic heterocycles. The average Bonchev–Trinajstić information content (AvgIpc) is 2.97. The molecular formula is C16H17NO2. The van der Waals surface area contributed by atoms with E-state index in [1.165, 1.54) is 0 Å². The number of hydrogen-bond acceptors (Lipinski definition) is 2. The van der Waals surface area contributed by atoms with Crippen molar-refractivity contribution in [2.24, 2.45) is 0 Å². The van der Waals surface area contributed by atoms with E-state index in [1.54, 1.807) is 0 Å². The predicted octanol–water partition coefficient (Wildman–Crippen LogP) is 2.75. The predicted molar refractivity (Wildman–Crippen MR) is 75.3 cm³/mol. The van der Waals surface area contributed by atoms with Crippen LogP contribution < -0.4 is 5.32 Å². The van der Waals surface area contributed by atoms with Gasteiger partial charge in [0.05, 0.1) is 6.10 Å². The van der Waals surface area contributed by atoms with Crippen molar-refractivity contribution in [1.82, 2.24) is 5.32 Å². The Morgan fingerprint density at radius 3 is 2.84 bits per heavy atom. The number of carbonyl (C=O) groups excluding carboxylic acids is 1. The lowest BCUT2D eigenvalue weighted by molar-refractivity contribution is 0.0858. The lowest BCUT2D eigenvalue weighted by Crippen LogP contribution is -2.31. The summed E-state index contributed by atoms with van der Waals surface area (Å²) in [5, 5.41) is 5.18. The number of benzene rings is 2. The third-order valence-corrected chi connectivity index (χ3v) is 3.53. The number of ether oxygens (including phenoxy) is 1. The highest BCUT2D eigenvalue weighted by Crippen LogP contribution is 2.16. The van der Waals surface area contributed by atoms with Gasteiger partial charge in [-0.15, -0.1) is 0 Å². The molecule has 3 heteroatoms. The van der Waals surface area contributed by atoms with Crippen LogP contribution in [0.25, 0.3) is 10.8 Å². The second kappa shape index (κ2) is 5.41. The van der Waals surface area contributed by atoms with E-state index in [-0.39, 0.29) is 12.0 Å². The molecule has 0 radical (unpaired) electrons. The van der Waals surface area contributed by atoms with Crippen LogP contribution in [-0.2, 0) is 4.74 Å². The maximum Gasteiger partial charge on any atom is 0.251 e. The number of rotatable bonds is 3. The molecule has 1 amide bonds. The quantitative estimate of drug-likeness (QED) is 0.915. The first-order chi connectivity index (χ1) is 9.33. The van der Waals surface area contributed by atoms with Crippen molar-refractivity contribution < 1.29 is 9.53 Å². The summed E-state index contributed by atoms with van der Waals surface area (Å²) >= 11 is 0. The molecule has 1 aliphatic heterocycles. The summed E-state index contributed by atoms with van der Waals surface area (Å²) in [5.74, 6) is -0.0266. The van der Waals surface area contributed by atoms with Gasteiger partial charge in [-0.05, 0) is 35.7 Å². The number of carbonyl (C=O) groups is 1. The molecule has 1 aliphatic rings. The minimum Gasteiger partial charge on any atom is -0.376 e. The van der Waals surface area contributed by atoms with Crippen molar-refractivity contribution in [2.45, 2.75) is 18.9 Å². The molecule has 1 saturated heterocycles. The fourth-order valence-electron chi connectivity index (χ4n) is 2.44. The van der Waals surface area contributed by atoms with Gasteiger partial charge in [0.1, 0.15) is 0 Å². The van der Waals surface area contributed by atoms with E-state index in [0.29, 0.717) is 12.1 Å². The van der Waals surface area contributed by atoms with Crippen LogP contribution in [-0.4, -0.2) is 25.2 Å². The molecule has 0 bridgehead atoms. The standard InChI is InChI=1S/C16H17NO2/c18-16(17-11-15-6-3-9-19-15)14-8-7-12-4-1-2-5-13(12)10-14/h1-2,4-5,7-8,10,15H,3,6,9,11H2,(H,17,18). The Labute approximate surface area is 112 Å². The lowest BCUT2D eigenvalue weighted by atomic mass is 10.1. The molecular weight excluding hydrogens is 238 g/mol. The average molecular weight is 255 g/mol. The fraction of sp³-hybridized carbons (Fsp3) is 0.312. The van der Waals surface area contributed by atoms with Gasteiger partial charge in [0.25, 0.3) is 5.91 Å². The summed E-state index contributed by atoms with van der Waals surface area (Å²) < 4.78 is 5.49. The first-order valence-electron chi connectivity index (χ1n) is 6.71. The Morgan fingerprint density at radius 1 is 1.21 bits per heavy atom. The number of hydrogen-bond donors (Lipinski definition) is 1. The smallest absolute Gasteiger partial charge is 0.251 e. The lowest BCUT2D eigenvalue weighted by Gasteiger charge is -2.11. The van der Waals surface area contributed by atoms with Crippen LogP contribution >= 0.6 is 0 Å². The number of amides is 1. The van der Waals surface area contributed by atoms with E-state index in [2.05, 4.69) is 5.32 Å². The van der Waals surface area contributed by atoms with Gasteiger partial charge in [0, 0.05) is 18.7 Å². The Kier molecular flexibility index (Phi) is 3.47. The molecule has 0 spiro atoms. The molecule has 2 aromatic carbocycles. The first-order valence-corrected chi connectivity index (χ1v) is 6.71. The van der Waals surface area contributed by atoms with Gasteiger partial charge in [-0.2, -0.15) is 0 Å². The molecule has 1 atom stereocenters. The summed E-state index contributed by atoms with van der Waals surface area (Å²) in [5.41, 5.74) is 0.705. The molecule has 0 aliphatic carbocycles. The minimum atomic E-state index is -0.0266. The second-order valence-corrected chi connectivity index (χ2v) is 4.91. The third kappa shape index (κ3) is 2.76. The fourth-order valence-corrected chi connectivity index (χ4v) is 2.44. The largest absolute Gasteiger partial charge is 0.376 e. The molecule has 2 aromatic rings. The van der Waals surface area contributed by atoms with Gasteiger partial charge in [0.2, 0.25) is 0 Å². The van der Waals surface area contributed by atoms with Crippen LogP contribution in [0, 0.1) is 0 Å². The zero-order valence-corrected chi connectivity index (χ0v) is 10.8. The molecule has 1 heterocycles. The molecule has 1 unspecified atom stereocenters. The van der Waals surface area contributed by atoms with Crippen molar-refractivity contribution in [3.05, 3.63) is 48.0 Å². The van der Waals surface area contributed by atoms with Gasteiger partial charge in [0.15, 0.2) is 0 Å². The zero-order valence-electron chi connectivity index (χ0n) is 10.8.